The van der Waals surface area contributed by atoms with Crippen LogP contribution in [0.15, 0.2) is 36.0 Å². The molecular weight excluding hydrogens is 500 g/mol. The summed E-state index contributed by atoms with van der Waals surface area (Å²) in [4.78, 5) is 24.3. The second-order valence-electron chi connectivity index (χ2n) is 11.7. The van der Waals surface area contributed by atoms with Gasteiger partial charge in [-0.15, -0.1) is 0 Å². The first-order valence-electron chi connectivity index (χ1n) is 14.3. The number of aliphatic hydroxyl groups excluding tert-OH is 3. The summed E-state index contributed by atoms with van der Waals surface area (Å²) in [6.07, 6.45) is 6.99. The van der Waals surface area contributed by atoms with Gasteiger partial charge in [0, 0.05) is 18.8 Å². The number of hydrogen-bond acceptors (Lipinski definition) is 8. The molecule has 1 aliphatic heterocycles. The van der Waals surface area contributed by atoms with E-state index in [1.807, 2.05) is 52.8 Å². The lowest BCUT2D eigenvalue weighted by Gasteiger charge is -2.32. The topological polar surface area (TPSA) is 134 Å². The van der Waals surface area contributed by atoms with Crippen molar-refractivity contribution in [1.82, 2.24) is 0 Å². The Morgan fingerprint density at radius 2 is 1.87 bits per heavy atom. The van der Waals surface area contributed by atoms with Crippen LogP contribution in [0.25, 0.3) is 0 Å². The van der Waals surface area contributed by atoms with E-state index in [-0.39, 0.29) is 42.9 Å². The maximum atomic E-state index is 12.6. The number of ether oxygens (including phenoxy) is 2. The molecule has 8 nitrogen and oxygen atoms in total. The minimum absolute atomic E-state index is 0.0113. The first kappa shape index (κ1) is 35.0. The van der Waals surface area contributed by atoms with Crippen LogP contribution in [-0.2, 0) is 19.1 Å². The van der Waals surface area contributed by atoms with E-state index in [0.717, 1.165) is 12.0 Å². The Morgan fingerprint density at radius 3 is 2.46 bits per heavy atom. The second kappa shape index (κ2) is 16.3. The highest BCUT2D eigenvalue weighted by molar-refractivity contribution is 5.70. The summed E-state index contributed by atoms with van der Waals surface area (Å²) in [6.45, 7) is 14.4. The Bertz CT molecular complexity index is 861. The smallest absolute Gasteiger partial charge is 0.309 e. The van der Waals surface area contributed by atoms with Crippen LogP contribution in [0.5, 0.6) is 0 Å². The van der Waals surface area contributed by atoms with Crippen LogP contribution in [0.1, 0.15) is 87.5 Å². The molecule has 0 aromatic rings. The van der Waals surface area contributed by atoms with E-state index in [1.165, 1.54) is 6.92 Å². The molecule has 1 heterocycles. The molecule has 0 fully saturated rings. The van der Waals surface area contributed by atoms with Gasteiger partial charge >= 0.3 is 11.9 Å². The number of allylic oxidation sites excluding steroid dienone is 3. The lowest BCUT2D eigenvalue weighted by atomic mass is 9.83. The van der Waals surface area contributed by atoms with Crippen molar-refractivity contribution in [3.63, 3.8) is 0 Å². The summed E-state index contributed by atoms with van der Waals surface area (Å²) in [6, 6.07) is 0. The predicted molar refractivity (Wildman–Crippen MR) is 152 cm³/mol. The van der Waals surface area contributed by atoms with E-state index in [2.05, 4.69) is 6.92 Å². The van der Waals surface area contributed by atoms with Crippen LogP contribution >= 0.6 is 0 Å². The average molecular weight is 553 g/mol. The molecule has 8 heteroatoms. The Balaban J connectivity index is 3.07. The van der Waals surface area contributed by atoms with Gasteiger partial charge in [-0.2, -0.15) is 0 Å². The van der Waals surface area contributed by atoms with Crippen LogP contribution in [0, 0.1) is 23.7 Å². The molecule has 0 saturated carbocycles. The summed E-state index contributed by atoms with van der Waals surface area (Å²) in [7, 11) is 0. The number of hydrogen-bond donors (Lipinski definition) is 4. The molecule has 1 rings (SSSR count). The molecule has 0 radical (unpaired) electrons. The largest absolute Gasteiger partial charge is 0.457 e. The van der Waals surface area contributed by atoms with Crippen molar-refractivity contribution in [1.29, 1.82) is 0 Å². The van der Waals surface area contributed by atoms with Gasteiger partial charge in [-0.3, -0.25) is 9.59 Å². The van der Waals surface area contributed by atoms with E-state index in [0.29, 0.717) is 6.42 Å². The standard InChI is InChI=1S/C31H52O8/c1-9-26(34)23(6)29(36)22(5)17-19(2)11-10-12-20(3)30-21(4)13-14-27(38-24(7)32)31(8,37)16-15-25(33)18-28(35)39-30/h10-14,19,21-23,25-27,29-30,33-34,36-37H,9,15-18H2,1-8H3/b11-10+,14-13-,20-12+. The van der Waals surface area contributed by atoms with Crippen LogP contribution in [0.2, 0.25) is 0 Å². The molecule has 0 amide bonds. The molecule has 0 aromatic heterocycles. The van der Waals surface area contributed by atoms with Gasteiger partial charge < -0.3 is 29.9 Å². The van der Waals surface area contributed by atoms with Crippen molar-refractivity contribution in [2.75, 3.05) is 0 Å². The van der Waals surface area contributed by atoms with Crippen LogP contribution in [0.3, 0.4) is 0 Å². The average Bonchev–Trinajstić information content (AvgIpc) is 2.85. The van der Waals surface area contributed by atoms with Gasteiger partial charge in [0.25, 0.3) is 0 Å². The Morgan fingerprint density at radius 1 is 1.23 bits per heavy atom. The van der Waals surface area contributed by atoms with E-state index in [1.54, 1.807) is 19.1 Å². The van der Waals surface area contributed by atoms with E-state index < -0.39 is 48.1 Å². The number of aliphatic hydroxyl groups is 4. The maximum absolute atomic E-state index is 12.6. The number of carbonyl (C=O) groups excluding carboxylic acids is 2. The lowest BCUT2D eigenvalue weighted by Crippen LogP contribution is -2.42. The molecule has 0 spiro atoms. The minimum atomic E-state index is -1.41. The molecular formula is C31H52O8. The van der Waals surface area contributed by atoms with Gasteiger partial charge in [0.2, 0.25) is 0 Å². The molecule has 10 unspecified atom stereocenters. The summed E-state index contributed by atoms with van der Waals surface area (Å²) in [5, 5.41) is 42.0. The molecule has 0 saturated heterocycles. The third-order valence-electron chi connectivity index (χ3n) is 7.76. The molecule has 0 bridgehead atoms. The molecule has 4 N–H and O–H groups in total. The van der Waals surface area contributed by atoms with Gasteiger partial charge in [-0.25, -0.2) is 0 Å². The third-order valence-corrected chi connectivity index (χ3v) is 7.76. The van der Waals surface area contributed by atoms with Crippen molar-refractivity contribution < 1.29 is 39.5 Å². The summed E-state index contributed by atoms with van der Waals surface area (Å²) in [5.74, 6) is -1.37. The van der Waals surface area contributed by atoms with Gasteiger partial charge in [0.05, 0.1) is 24.7 Å². The number of esters is 2. The van der Waals surface area contributed by atoms with Gasteiger partial charge in [-0.1, -0.05) is 58.9 Å². The molecule has 10 atom stereocenters. The van der Waals surface area contributed by atoms with Crippen molar-refractivity contribution in [2.45, 2.75) is 124 Å². The summed E-state index contributed by atoms with van der Waals surface area (Å²) in [5.41, 5.74) is -0.624. The van der Waals surface area contributed by atoms with E-state index in [9.17, 15) is 30.0 Å². The van der Waals surface area contributed by atoms with Crippen molar-refractivity contribution in [2.24, 2.45) is 23.7 Å². The first-order chi connectivity index (χ1) is 18.1. The highest BCUT2D eigenvalue weighted by Gasteiger charge is 2.35. The lowest BCUT2D eigenvalue weighted by molar-refractivity contribution is -0.157. The third kappa shape index (κ3) is 12.0. The monoisotopic (exact) mass is 552 g/mol. The van der Waals surface area contributed by atoms with Crippen molar-refractivity contribution in [3.8, 4) is 0 Å². The van der Waals surface area contributed by atoms with Crippen LogP contribution in [-0.4, -0.2) is 68.5 Å². The zero-order valence-corrected chi connectivity index (χ0v) is 25.0. The summed E-state index contributed by atoms with van der Waals surface area (Å²) < 4.78 is 11.1. The second-order valence-corrected chi connectivity index (χ2v) is 11.7. The number of cyclic esters (lactones) is 1. The normalized spacial score (nSPS) is 32.2. The molecule has 224 valence electrons. The predicted octanol–water partition coefficient (Wildman–Crippen LogP) is 4.25. The van der Waals surface area contributed by atoms with Gasteiger partial charge in [0.15, 0.2) is 0 Å². The molecule has 1 aliphatic rings. The number of rotatable bonds is 10. The summed E-state index contributed by atoms with van der Waals surface area (Å²) >= 11 is 0. The molecule has 39 heavy (non-hydrogen) atoms. The molecule has 0 aromatic carbocycles. The van der Waals surface area contributed by atoms with Gasteiger partial charge in [-0.05, 0) is 63.0 Å². The quantitative estimate of drug-likeness (QED) is 0.180. The van der Waals surface area contributed by atoms with Crippen LogP contribution in [0.4, 0.5) is 0 Å². The fourth-order valence-corrected chi connectivity index (χ4v) is 5.04. The van der Waals surface area contributed by atoms with E-state index >= 15 is 0 Å². The first-order valence-corrected chi connectivity index (χ1v) is 14.3. The zero-order chi connectivity index (χ0) is 29.9. The highest BCUT2D eigenvalue weighted by Crippen LogP contribution is 2.27. The zero-order valence-electron chi connectivity index (χ0n) is 25.0. The van der Waals surface area contributed by atoms with Crippen LogP contribution < -0.4 is 0 Å². The fraction of sp³-hybridized carbons (Fsp3) is 0.742. The highest BCUT2D eigenvalue weighted by atomic mass is 16.6. The fourth-order valence-electron chi connectivity index (χ4n) is 5.04. The SMILES string of the molecule is CCC(O)C(C)C(O)C(C)CC(C)/C=C/C=C(\C)C1OC(=O)CC(O)CCC(C)(O)C(OC(C)=O)/C=C\C1C. The van der Waals surface area contributed by atoms with Gasteiger partial charge in [0.1, 0.15) is 17.8 Å². The van der Waals surface area contributed by atoms with E-state index in [4.69, 9.17) is 9.47 Å². The Kier molecular flexibility index (Phi) is 14.6. The van der Waals surface area contributed by atoms with Crippen molar-refractivity contribution >= 4 is 11.9 Å². The maximum Gasteiger partial charge on any atom is 0.309 e. The minimum Gasteiger partial charge on any atom is -0.457 e. The Hall–Kier alpha value is -2.00. The molecule has 0 aliphatic carbocycles. The van der Waals surface area contributed by atoms with Crippen molar-refractivity contribution in [3.05, 3.63) is 36.0 Å². The Labute approximate surface area is 234 Å². The number of carbonyl (C=O) groups is 2.